The summed E-state index contributed by atoms with van der Waals surface area (Å²) in [6, 6.07) is 18.5. The van der Waals surface area contributed by atoms with Crippen LogP contribution < -0.4 is 5.32 Å². The van der Waals surface area contributed by atoms with Gasteiger partial charge in [0.05, 0.1) is 12.5 Å². The van der Waals surface area contributed by atoms with E-state index in [1.165, 1.54) is 0 Å². The summed E-state index contributed by atoms with van der Waals surface area (Å²) in [6.45, 7) is 5.31. The Morgan fingerprint density at radius 2 is 1.42 bits per heavy atom. The topological polar surface area (TPSA) is 75.6 Å². The van der Waals surface area contributed by atoms with Crippen LogP contribution >= 0.6 is 0 Å². The molecule has 2 aromatic rings. The summed E-state index contributed by atoms with van der Waals surface area (Å²) in [5.41, 5.74) is 1.20. The molecule has 2 aromatic carbocycles. The highest BCUT2D eigenvalue weighted by Crippen LogP contribution is 2.30. The highest BCUT2D eigenvalue weighted by molar-refractivity contribution is 5.72. The molecule has 1 amide bonds. The summed E-state index contributed by atoms with van der Waals surface area (Å²) in [5, 5.41) is 12.1. The average Bonchev–Trinajstić information content (AvgIpc) is 2.54. The molecule has 26 heavy (non-hydrogen) atoms. The molecule has 0 aliphatic carbocycles. The van der Waals surface area contributed by atoms with Gasteiger partial charge in [-0.15, -0.1) is 0 Å². The molecule has 0 fully saturated rings. The number of carbonyl (C=O) groups is 2. The SMILES string of the molecule is CC(C)(C)OC(=O)N[C@H](CC(=O)O)C(c1ccccc1)c1ccccc1. The van der Waals surface area contributed by atoms with Crippen LogP contribution in [0.4, 0.5) is 4.79 Å². The molecule has 2 N–H and O–H groups in total. The summed E-state index contributed by atoms with van der Waals surface area (Å²) in [5.74, 6) is -1.29. The number of hydrogen-bond acceptors (Lipinski definition) is 3. The van der Waals surface area contributed by atoms with Crippen molar-refractivity contribution in [1.82, 2.24) is 5.32 Å². The minimum absolute atomic E-state index is 0.215. The molecule has 0 unspecified atom stereocenters. The maximum Gasteiger partial charge on any atom is 0.407 e. The maximum atomic E-state index is 12.3. The minimum atomic E-state index is -0.983. The van der Waals surface area contributed by atoms with Crippen LogP contribution in [0.3, 0.4) is 0 Å². The van der Waals surface area contributed by atoms with Crippen LogP contribution in [-0.2, 0) is 9.53 Å². The number of alkyl carbamates (subject to hydrolysis) is 1. The second kappa shape index (κ2) is 8.52. The molecular weight excluding hydrogens is 330 g/mol. The fraction of sp³-hybridized carbons (Fsp3) is 0.333. The minimum Gasteiger partial charge on any atom is -0.481 e. The van der Waals surface area contributed by atoms with E-state index in [1.54, 1.807) is 20.8 Å². The molecule has 0 heterocycles. The number of aliphatic carboxylic acids is 1. The monoisotopic (exact) mass is 355 g/mol. The molecule has 138 valence electrons. The lowest BCUT2D eigenvalue weighted by Gasteiger charge is -2.29. The zero-order valence-electron chi connectivity index (χ0n) is 15.3. The van der Waals surface area contributed by atoms with Gasteiger partial charge < -0.3 is 15.2 Å². The van der Waals surface area contributed by atoms with Gasteiger partial charge in [0, 0.05) is 5.92 Å². The normalized spacial score (nSPS) is 12.5. The van der Waals surface area contributed by atoms with Gasteiger partial charge in [0.25, 0.3) is 0 Å². The Hall–Kier alpha value is -2.82. The van der Waals surface area contributed by atoms with E-state index >= 15 is 0 Å². The van der Waals surface area contributed by atoms with E-state index in [4.69, 9.17) is 4.74 Å². The molecule has 5 heteroatoms. The van der Waals surface area contributed by atoms with Crippen molar-refractivity contribution < 1.29 is 19.4 Å². The van der Waals surface area contributed by atoms with E-state index in [0.717, 1.165) is 11.1 Å². The Labute approximate surface area is 154 Å². The van der Waals surface area contributed by atoms with Crippen LogP contribution in [0.5, 0.6) is 0 Å². The van der Waals surface area contributed by atoms with Crippen LogP contribution in [0.25, 0.3) is 0 Å². The van der Waals surface area contributed by atoms with E-state index in [1.807, 2.05) is 60.7 Å². The summed E-state index contributed by atoms with van der Waals surface area (Å²) < 4.78 is 5.33. The van der Waals surface area contributed by atoms with Crippen molar-refractivity contribution in [3.05, 3.63) is 71.8 Å². The van der Waals surface area contributed by atoms with Crippen molar-refractivity contribution in [3.63, 3.8) is 0 Å². The summed E-state index contributed by atoms with van der Waals surface area (Å²) >= 11 is 0. The molecule has 0 saturated heterocycles. The quantitative estimate of drug-likeness (QED) is 0.815. The summed E-state index contributed by atoms with van der Waals surface area (Å²) in [6.07, 6.45) is -0.839. The standard InChI is InChI=1S/C21H25NO4/c1-21(2,3)26-20(25)22-17(14-18(23)24)19(15-10-6-4-7-11-15)16-12-8-5-9-13-16/h4-13,17,19H,14H2,1-3H3,(H,22,25)(H,23,24)/t17-/m1/s1. The van der Waals surface area contributed by atoms with Crippen LogP contribution in [0.1, 0.15) is 44.2 Å². The Morgan fingerprint density at radius 1 is 0.962 bits per heavy atom. The summed E-state index contributed by atoms with van der Waals surface area (Å²) in [4.78, 5) is 23.7. The summed E-state index contributed by atoms with van der Waals surface area (Å²) in [7, 11) is 0. The number of carboxylic acids is 1. The number of benzene rings is 2. The van der Waals surface area contributed by atoms with Crippen molar-refractivity contribution in [2.75, 3.05) is 0 Å². The molecule has 1 atom stereocenters. The predicted octanol–water partition coefficient (Wildman–Crippen LogP) is 4.19. The van der Waals surface area contributed by atoms with E-state index in [2.05, 4.69) is 5.32 Å². The van der Waals surface area contributed by atoms with Crippen molar-refractivity contribution in [2.45, 2.75) is 44.8 Å². The molecule has 0 aliphatic heterocycles. The molecule has 2 rings (SSSR count). The van der Waals surface area contributed by atoms with E-state index in [9.17, 15) is 14.7 Å². The molecule has 5 nitrogen and oxygen atoms in total. The van der Waals surface area contributed by atoms with Crippen molar-refractivity contribution in [2.24, 2.45) is 0 Å². The Balaban J connectivity index is 2.38. The van der Waals surface area contributed by atoms with Crippen molar-refractivity contribution >= 4 is 12.1 Å². The first-order chi connectivity index (χ1) is 12.3. The average molecular weight is 355 g/mol. The highest BCUT2D eigenvalue weighted by atomic mass is 16.6. The fourth-order valence-electron chi connectivity index (χ4n) is 2.88. The number of carboxylic acid groups (broad SMARTS) is 1. The molecule has 0 bridgehead atoms. The number of nitrogens with one attached hydrogen (secondary N) is 1. The van der Waals surface area contributed by atoms with E-state index in [-0.39, 0.29) is 12.3 Å². The van der Waals surface area contributed by atoms with Gasteiger partial charge in [-0.1, -0.05) is 60.7 Å². The smallest absolute Gasteiger partial charge is 0.407 e. The van der Waals surface area contributed by atoms with Gasteiger partial charge >= 0.3 is 12.1 Å². The number of hydrogen-bond donors (Lipinski definition) is 2. The molecule has 0 saturated carbocycles. The van der Waals surface area contributed by atoms with E-state index in [0.29, 0.717) is 0 Å². The fourth-order valence-corrected chi connectivity index (χ4v) is 2.88. The maximum absolute atomic E-state index is 12.3. The second-order valence-corrected chi connectivity index (χ2v) is 7.15. The molecule has 0 spiro atoms. The Morgan fingerprint density at radius 3 is 1.81 bits per heavy atom. The van der Waals surface area contributed by atoms with Gasteiger partial charge in [-0.3, -0.25) is 4.79 Å². The van der Waals surface area contributed by atoms with E-state index < -0.39 is 23.7 Å². The van der Waals surface area contributed by atoms with Gasteiger partial charge in [0.15, 0.2) is 0 Å². The number of amides is 1. The number of rotatable bonds is 6. The lowest BCUT2D eigenvalue weighted by atomic mass is 9.83. The highest BCUT2D eigenvalue weighted by Gasteiger charge is 2.30. The zero-order chi connectivity index (χ0) is 19.2. The van der Waals surface area contributed by atoms with Crippen LogP contribution in [0, 0.1) is 0 Å². The molecule has 0 aromatic heterocycles. The van der Waals surface area contributed by atoms with Gasteiger partial charge in [-0.25, -0.2) is 4.79 Å². The number of carbonyl (C=O) groups excluding carboxylic acids is 1. The largest absolute Gasteiger partial charge is 0.481 e. The lowest BCUT2D eigenvalue weighted by molar-refractivity contribution is -0.137. The third-order valence-electron chi connectivity index (χ3n) is 3.82. The molecule has 0 aliphatic rings. The van der Waals surface area contributed by atoms with Crippen LogP contribution in [-0.4, -0.2) is 28.8 Å². The van der Waals surface area contributed by atoms with Crippen LogP contribution in [0.15, 0.2) is 60.7 Å². The van der Waals surface area contributed by atoms with Gasteiger partial charge in [-0.2, -0.15) is 0 Å². The predicted molar refractivity (Wildman–Crippen MR) is 100 cm³/mol. The zero-order valence-corrected chi connectivity index (χ0v) is 15.3. The first kappa shape index (κ1) is 19.5. The first-order valence-corrected chi connectivity index (χ1v) is 8.57. The third kappa shape index (κ3) is 5.92. The van der Waals surface area contributed by atoms with Gasteiger partial charge in [0.1, 0.15) is 5.60 Å². The molecular formula is C21H25NO4. The van der Waals surface area contributed by atoms with Crippen LogP contribution in [0.2, 0.25) is 0 Å². The molecule has 0 radical (unpaired) electrons. The third-order valence-corrected chi connectivity index (χ3v) is 3.82. The van der Waals surface area contributed by atoms with Crippen molar-refractivity contribution in [3.8, 4) is 0 Å². The number of ether oxygens (including phenoxy) is 1. The van der Waals surface area contributed by atoms with Gasteiger partial charge in [-0.05, 0) is 31.9 Å². The lowest BCUT2D eigenvalue weighted by Crippen LogP contribution is -2.43. The first-order valence-electron chi connectivity index (χ1n) is 8.57. The Kier molecular flexibility index (Phi) is 6.39. The van der Waals surface area contributed by atoms with Crippen molar-refractivity contribution in [1.29, 1.82) is 0 Å². The van der Waals surface area contributed by atoms with Gasteiger partial charge in [0.2, 0.25) is 0 Å². The Bertz CT molecular complexity index is 683. The second-order valence-electron chi connectivity index (χ2n) is 7.15.